The van der Waals surface area contributed by atoms with Crippen LogP contribution in [0.1, 0.15) is 24.8 Å². The molecule has 46 heavy (non-hydrogen) atoms. The molecule has 1 saturated carbocycles. The van der Waals surface area contributed by atoms with Crippen LogP contribution in [-0.2, 0) is 15.6 Å². The molecule has 2 aliphatic rings. The van der Waals surface area contributed by atoms with Gasteiger partial charge in [0.05, 0.1) is 22.8 Å². The topological polar surface area (TPSA) is 115 Å². The molecule has 8 nitrogen and oxygen atoms in total. The number of anilines is 3. The number of aromatic nitrogens is 3. The summed E-state index contributed by atoms with van der Waals surface area (Å²) in [6.07, 6.45) is 4.56. The van der Waals surface area contributed by atoms with Crippen molar-refractivity contribution in [3.8, 4) is 39.6 Å². The first kappa shape index (κ1) is 35.1. The second-order valence-corrected chi connectivity index (χ2v) is 12.4. The highest BCUT2D eigenvalue weighted by molar-refractivity contribution is 7.93. The Labute approximate surface area is 281 Å². The third kappa shape index (κ3) is 5.91. The van der Waals surface area contributed by atoms with Gasteiger partial charge in [0, 0.05) is 34.1 Å². The van der Waals surface area contributed by atoms with E-state index in [4.69, 9.17) is 10.7 Å². The average Bonchev–Trinajstić information content (AvgIpc) is 3.30. The lowest BCUT2D eigenvalue weighted by atomic mass is 9.72. The summed E-state index contributed by atoms with van der Waals surface area (Å²) in [5.74, 6) is 1.18. The molecule has 3 heterocycles. The van der Waals surface area contributed by atoms with Crippen molar-refractivity contribution in [3.05, 3.63) is 96.7 Å². The lowest BCUT2D eigenvalue weighted by molar-refractivity contribution is -0.0429. The second-order valence-electron chi connectivity index (χ2n) is 10.7. The summed E-state index contributed by atoms with van der Waals surface area (Å²) in [4.78, 5) is 9.63. The van der Waals surface area contributed by atoms with Crippen molar-refractivity contribution in [1.82, 2.24) is 14.5 Å². The quantitative estimate of drug-likeness (QED) is 0.166. The number of nitrogens with zero attached hydrogens (tertiary/aromatic N) is 3. The van der Waals surface area contributed by atoms with Crippen molar-refractivity contribution < 1.29 is 21.6 Å². The number of nitrogens with one attached hydrogen (secondary N) is 2. The van der Waals surface area contributed by atoms with Crippen LogP contribution in [0.15, 0.2) is 91.1 Å². The van der Waals surface area contributed by atoms with Crippen molar-refractivity contribution in [2.45, 2.75) is 30.3 Å². The zero-order chi connectivity index (χ0) is 30.0. The lowest BCUT2D eigenvalue weighted by Crippen LogP contribution is -2.43. The molecule has 1 aliphatic heterocycles. The first-order chi connectivity index (χ1) is 20.5. The van der Waals surface area contributed by atoms with Gasteiger partial charge in [-0.05, 0) is 61.2 Å². The second kappa shape index (κ2) is 12.8. The molecule has 0 saturated heterocycles. The molecule has 0 spiro atoms. The molecule has 0 amide bonds. The minimum Gasteiger partial charge on any atom is -0.338 e. The van der Waals surface area contributed by atoms with Gasteiger partial charge in [-0.15, -0.1) is 37.2 Å². The molecule has 3 aromatic carbocycles. The minimum absolute atomic E-state index is 0. The highest BCUT2D eigenvalue weighted by atomic mass is 35.5. The van der Waals surface area contributed by atoms with Crippen molar-refractivity contribution >= 4 is 64.4 Å². The average molecular weight is 712 g/mol. The van der Waals surface area contributed by atoms with Gasteiger partial charge in [0.2, 0.25) is 0 Å². The van der Waals surface area contributed by atoms with Crippen LogP contribution in [-0.4, -0.2) is 28.5 Å². The molecule has 0 bridgehead atoms. The van der Waals surface area contributed by atoms with Crippen LogP contribution in [0.4, 0.5) is 30.4 Å². The SMILES string of the molecule is Cl.Cl.Cl.NC1(c2ccc(-c3c(-c4cccc(NS(=O)(=O)C(F)(F)F)c4)nc4n3-c3cccnc3Nc3ccccc3-4)cc2)CCC1. The number of pyridine rings is 1. The number of hydrogen-bond acceptors (Lipinski definition) is 6. The molecular formula is C31H28Cl3F3N6O2S. The maximum atomic E-state index is 13.2. The molecule has 0 atom stereocenters. The molecule has 0 radical (unpaired) electrons. The van der Waals surface area contributed by atoms with E-state index < -0.39 is 15.5 Å². The molecule has 7 rings (SSSR count). The van der Waals surface area contributed by atoms with Crippen LogP contribution in [0.3, 0.4) is 0 Å². The molecule has 2 aromatic heterocycles. The van der Waals surface area contributed by atoms with Crippen LogP contribution in [0.5, 0.6) is 0 Å². The third-order valence-electron chi connectivity index (χ3n) is 8.00. The largest absolute Gasteiger partial charge is 0.516 e. The van der Waals surface area contributed by atoms with Crippen molar-refractivity contribution in [1.29, 1.82) is 0 Å². The van der Waals surface area contributed by atoms with E-state index in [-0.39, 0.29) is 48.4 Å². The monoisotopic (exact) mass is 710 g/mol. The number of nitrogens with two attached hydrogens (primary N) is 1. The fraction of sp³-hybridized carbons (Fsp3) is 0.161. The maximum Gasteiger partial charge on any atom is 0.516 e. The number of hydrogen-bond donors (Lipinski definition) is 3. The normalized spacial score (nSPS) is 14.3. The van der Waals surface area contributed by atoms with E-state index in [9.17, 15) is 21.6 Å². The van der Waals surface area contributed by atoms with E-state index in [1.165, 1.54) is 18.2 Å². The van der Waals surface area contributed by atoms with Crippen LogP contribution in [0.25, 0.3) is 39.6 Å². The number of rotatable bonds is 5. The maximum absolute atomic E-state index is 13.2. The summed E-state index contributed by atoms with van der Waals surface area (Å²) in [6, 6.07) is 25.1. The fourth-order valence-electron chi connectivity index (χ4n) is 5.64. The zero-order valence-electron chi connectivity index (χ0n) is 23.8. The van der Waals surface area contributed by atoms with Gasteiger partial charge >= 0.3 is 15.5 Å². The predicted molar refractivity (Wildman–Crippen MR) is 181 cm³/mol. The standard InChI is InChI=1S/C31H25F3N6O2S.3ClH/c32-31(33,34)43(41,42)39-22-7-3-6-20(18-22)26-27(19-11-13-21(14-12-19)30(35)15-5-16-30)40-25-10-4-17-36-28(25)37-24-9-2-1-8-23(24)29(40)38-26;;;/h1-4,6-14,17-18,39H,5,15-16,35H2,(H,36,37);3*1H. The first-order valence-corrected chi connectivity index (χ1v) is 15.1. The molecular weight excluding hydrogens is 684 g/mol. The number of benzene rings is 3. The van der Waals surface area contributed by atoms with Crippen molar-refractivity contribution in [2.75, 3.05) is 10.0 Å². The lowest BCUT2D eigenvalue weighted by Gasteiger charge is -2.38. The Morgan fingerprint density at radius 2 is 1.61 bits per heavy atom. The predicted octanol–water partition coefficient (Wildman–Crippen LogP) is 8.19. The summed E-state index contributed by atoms with van der Waals surface area (Å²) in [5.41, 5.74) is 6.16. The van der Waals surface area contributed by atoms with E-state index in [2.05, 4.69) is 10.3 Å². The van der Waals surface area contributed by atoms with Crippen LogP contribution in [0, 0.1) is 0 Å². The van der Waals surface area contributed by atoms with E-state index in [0.29, 0.717) is 28.6 Å². The van der Waals surface area contributed by atoms with E-state index in [1.54, 1.807) is 17.0 Å². The Morgan fingerprint density at radius 1 is 0.891 bits per heavy atom. The summed E-state index contributed by atoms with van der Waals surface area (Å²) >= 11 is 0. The zero-order valence-corrected chi connectivity index (χ0v) is 27.0. The molecule has 0 unspecified atom stereocenters. The van der Waals surface area contributed by atoms with Gasteiger partial charge in [-0.25, -0.2) is 9.97 Å². The summed E-state index contributed by atoms with van der Waals surface area (Å²) in [6.45, 7) is 0. The summed E-state index contributed by atoms with van der Waals surface area (Å²) < 4.78 is 66.9. The van der Waals surface area contributed by atoms with Gasteiger partial charge in [0.25, 0.3) is 0 Å². The number of sulfonamides is 1. The Hall–Kier alpha value is -3.81. The summed E-state index contributed by atoms with van der Waals surface area (Å²) in [5, 5.41) is 3.40. The number of fused-ring (bicyclic) bond motifs is 5. The molecule has 15 heteroatoms. The molecule has 1 fully saturated rings. The van der Waals surface area contributed by atoms with Gasteiger partial charge in [-0.3, -0.25) is 9.29 Å². The van der Waals surface area contributed by atoms with Gasteiger partial charge in [0.15, 0.2) is 5.82 Å². The molecule has 4 N–H and O–H groups in total. The molecule has 5 aromatic rings. The van der Waals surface area contributed by atoms with E-state index >= 15 is 0 Å². The van der Waals surface area contributed by atoms with Crippen LogP contribution >= 0.6 is 37.2 Å². The van der Waals surface area contributed by atoms with Gasteiger partial charge in [-0.2, -0.15) is 21.6 Å². The van der Waals surface area contributed by atoms with E-state index in [0.717, 1.165) is 47.3 Å². The fourth-order valence-corrected chi connectivity index (χ4v) is 6.19. The van der Waals surface area contributed by atoms with Crippen molar-refractivity contribution in [3.63, 3.8) is 0 Å². The Kier molecular flexibility index (Phi) is 9.73. The summed E-state index contributed by atoms with van der Waals surface area (Å²) in [7, 11) is -5.62. The first-order valence-electron chi connectivity index (χ1n) is 13.6. The van der Waals surface area contributed by atoms with Crippen LogP contribution in [0.2, 0.25) is 0 Å². The number of para-hydroxylation sites is 1. The highest BCUT2D eigenvalue weighted by Crippen LogP contribution is 2.45. The van der Waals surface area contributed by atoms with Crippen molar-refractivity contribution in [2.24, 2.45) is 5.73 Å². The van der Waals surface area contributed by atoms with Gasteiger partial charge in [0.1, 0.15) is 5.82 Å². The Morgan fingerprint density at radius 3 is 2.28 bits per heavy atom. The Balaban J connectivity index is 0.00000160. The Bertz CT molecular complexity index is 2000. The third-order valence-corrected chi connectivity index (χ3v) is 9.11. The smallest absolute Gasteiger partial charge is 0.338 e. The minimum atomic E-state index is -5.62. The van der Waals surface area contributed by atoms with Crippen LogP contribution < -0.4 is 15.8 Å². The van der Waals surface area contributed by atoms with Gasteiger partial charge < -0.3 is 11.1 Å². The number of imidazole rings is 1. The molecule has 242 valence electrons. The van der Waals surface area contributed by atoms with E-state index in [1.807, 2.05) is 65.2 Å². The molecule has 1 aliphatic carbocycles. The van der Waals surface area contributed by atoms with Gasteiger partial charge in [-0.1, -0.05) is 48.5 Å². The number of halogens is 6. The highest BCUT2D eigenvalue weighted by Gasteiger charge is 2.46. The number of alkyl halides is 3.